The first-order chi connectivity index (χ1) is 12.2. The summed E-state index contributed by atoms with van der Waals surface area (Å²) in [5.41, 5.74) is 2.16. The zero-order valence-electron chi connectivity index (χ0n) is 14.4. The molecule has 0 saturated carbocycles. The minimum atomic E-state index is -0.0409. The summed E-state index contributed by atoms with van der Waals surface area (Å²) in [4.78, 5) is 21.2. The molecule has 130 valence electrons. The first kappa shape index (κ1) is 15.8. The summed E-state index contributed by atoms with van der Waals surface area (Å²) in [5.74, 6) is 1.03. The number of anilines is 1. The molecular weight excluding hydrogens is 316 g/mol. The Hall–Kier alpha value is -2.67. The van der Waals surface area contributed by atoms with E-state index >= 15 is 0 Å². The predicted molar refractivity (Wildman–Crippen MR) is 97.9 cm³/mol. The summed E-state index contributed by atoms with van der Waals surface area (Å²) in [6.45, 7) is 5.28. The van der Waals surface area contributed by atoms with Gasteiger partial charge < -0.3 is 9.47 Å². The Bertz CT molecular complexity index is 922. The van der Waals surface area contributed by atoms with Gasteiger partial charge in [-0.15, -0.1) is 0 Å². The molecular formula is C18H22N6O. The third kappa shape index (κ3) is 3.15. The number of benzene rings is 1. The number of aryl methyl sites for hydroxylation is 1. The molecule has 0 bridgehead atoms. The summed E-state index contributed by atoms with van der Waals surface area (Å²) in [7, 11) is 2.07. The van der Waals surface area contributed by atoms with Crippen LogP contribution >= 0.6 is 0 Å². The van der Waals surface area contributed by atoms with E-state index in [-0.39, 0.29) is 5.56 Å². The molecule has 0 N–H and O–H groups in total. The van der Waals surface area contributed by atoms with Gasteiger partial charge >= 0.3 is 0 Å². The quantitative estimate of drug-likeness (QED) is 0.709. The number of aromatic nitrogens is 4. The first-order valence-electron chi connectivity index (χ1n) is 8.63. The van der Waals surface area contributed by atoms with Crippen molar-refractivity contribution >= 4 is 17.0 Å². The van der Waals surface area contributed by atoms with Crippen LogP contribution in [0.25, 0.3) is 11.0 Å². The third-order valence-electron chi connectivity index (χ3n) is 4.83. The van der Waals surface area contributed by atoms with Crippen molar-refractivity contribution in [1.82, 2.24) is 24.2 Å². The van der Waals surface area contributed by atoms with Crippen LogP contribution in [-0.4, -0.2) is 57.0 Å². The third-order valence-corrected chi connectivity index (χ3v) is 4.83. The fourth-order valence-corrected chi connectivity index (χ4v) is 3.38. The van der Waals surface area contributed by atoms with Crippen molar-refractivity contribution in [2.45, 2.75) is 6.54 Å². The molecule has 1 aliphatic rings. The number of imidazole rings is 1. The molecule has 1 aliphatic heterocycles. The Morgan fingerprint density at radius 2 is 1.80 bits per heavy atom. The van der Waals surface area contributed by atoms with Crippen LogP contribution < -0.4 is 10.5 Å². The first-order valence-corrected chi connectivity index (χ1v) is 8.63. The second-order valence-electron chi connectivity index (χ2n) is 6.37. The molecule has 0 amide bonds. The van der Waals surface area contributed by atoms with Gasteiger partial charge in [0, 0.05) is 52.0 Å². The van der Waals surface area contributed by atoms with Crippen LogP contribution in [0.4, 0.5) is 5.95 Å². The molecule has 0 spiro atoms. The van der Waals surface area contributed by atoms with Gasteiger partial charge in [0.2, 0.25) is 5.95 Å². The van der Waals surface area contributed by atoms with Gasteiger partial charge in [0.15, 0.2) is 0 Å². The van der Waals surface area contributed by atoms with Crippen molar-refractivity contribution in [1.29, 1.82) is 0 Å². The zero-order valence-corrected chi connectivity index (χ0v) is 14.4. The van der Waals surface area contributed by atoms with Crippen molar-refractivity contribution in [3.05, 3.63) is 52.9 Å². The highest BCUT2D eigenvalue weighted by Crippen LogP contribution is 2.21. The van der Waals surface area contributed by atoms with Gasteiger partial charge in [-0.25, -0.2) is 9.67 Å². The minimum Gasteiger partial charge on any atom is -0.340 e. The number of hydrogen-bond acceptors (Lipinski definition) is 5. The van der Waals surface area contributed by atoms with E-state index in [1.807, 2.05) is 12.1 Å². The summed E-state index contributed by atoms with van der Waals surface area (Å²) >= 11 is 0. The van der Waals surface area contributed by atoms with Gasteiger partial charge in [-0.05, 0) is 18.2 Å². The fourth-order valence-electron chi connectivity index (χ4n) is 3.38. The molecule has 0 unspecified atom stereocenters. The summed E-state index contributed by atoms with van der Waals surface area (Å²) in [5, 5.41) is 4.11. The molecule has 4 rings (SSSR count). The van der Waals surface area contributed by atoms with E-state index in [2.05, 4.69) is 38.6 Å². The average molecular weight is 338 g/mol. The molecule has 1 fully saturated rings. The van der Waals surface area contributed by atoms with Crippen LogP contribution in [0.3, 0.4) is 0 Å². The fraction of sp³-hybridized carbons (Fsp3) is 0.389. The number of fused-ring (bicyclic) bond motifs is 1. The minimum absolute atomic E-state index is 0.0409. The maximum absolute atomic E-state index is 11.7. The predicted octanol–water partition coefficient (Wildman–Crippen LogP) is 0.952. The van der Waals surface area contributed by atoms with E-state index in [1.165, 1.54) is 4.68 Å². The molecule has 25 heavy (non-hydrogen) atoms. The normalized spacial score (nSPS) is 15.8. The summed E-state index contributed by atoms with van der Waals surface area (Å²) in [6.07, 6.45) is 1.66. The number of piperazine rings is 1. The lowest BCUT2D eigenvalue weighted by Crippen LogP contribution is -2.48. The molecule has 3 heterocycles. The van der Waals surface area contributed by atoms with Crippen LogP contribution in [0.15, 0.2) is 47.4 Å². The second kappa shape index (κ2) is 6.68. The molecule has 0 atom stereocenters. The molecule has 7 heteroatoms. The zero-order chi connectivity index (χ0) is 17.2. The van der Waals surface area contributed by atoms with Gasteiger partial charge in [-0.1, -0.05) is 12.1 Å². The summed E-state index contributed by atoms with van der Waals surface area (Å²) < 4.78 is 3.69. The molecule has 0 aliphatic carbocycles. The van der Waals surface area contributed by atoms with Crippen molar-refractivity contribution in [2.24, 2.45) is 7.05 Å². The van der Waals surface area contributed by atoms with Crippen LogP contribution in [-0.2, 0) is 13.6 Å². The second-order valence-corrected chi connectivity index (χ2v) is 6.37. The lowest BCUT2D eigenvalue weighted by atomic mass is 10.3. The number of rotatable bonds is 4. The highest BCUT2D eigenvalue weighted by Gasteiger charge is 2.21. The van der Waals surface area contributed by atoms with E-state index in [1.54, 1.807) is 18.3 Å². The Labute approximate surface area is 146 Å². The smallest absolute Gasteiger partial charge is 0.266 e. The number of para-hydroxylation sites is 2. The van der Waals surface area contributed by atoms with Crippen LogP contribution in [0, 0.1) is 0 Å². The maximum atomic E-state index is 11.7. The van der Waals surface area contributed by atoms with Crippen LogP contribution in [0.1, 0.15) is 0 Å². The number of nitrogens with zero attached hydrogens (tertiary/aromatic N) is 6. The van der Waals surface area contributed by atoms with E-state index in [9.17, 15) is 4.79 Å². The molecule has 1 saturated heterocycles. The number of hydrogen-bond donors (Lipinski definition) is 0. The Kier molecular flexibility index (Phi) is 4.23. The van der Waals surface area contributed by atoms with Crippen molar-refractivity contribution < 1.29 is 0 Å². The lowest BCUT2D eigenvalue weighted by molar-refractivity contribution is 0.241. The Morgan fingerprint density at radius 1 is 1.00 bits per heavy atom. The van der Waals surface area contributed by atoms with Gasteiger partial charge in [-0.2, -0.15) is 5.10 Å². The van der Waals surface area contributed by atoms with Gasteiger partial charge in [0.05, 0.1) is 17.6 Å². The molecule has 1 aromatic carbocycles. The van der Waals surface area contributed by atoms with E-state index in [0.717, 1.165) is 49.7 Å². The van der Waals surface area contributed by atoms with Gasteiger partial charge in [0.1, 0.15) is 0 Å². The SMILES string of the molecule is Cn1c(N2CCN(CCn3ncccc3=O)CC2)nc2ccccc21. The van der Waals surface area contributed by atoms with Crippen LogP contribution in [0.2, 0.25) is 0 Å². The molecule has 7 nitrogen and oxygen atoms in total. The molecule has 2 aromatic heterocycles. The van der Waals surface area contributed by atoms with E-state index < -0.39 is 0 Å². The highest BCUT2D eigenvalue weighted by atomic mass is 16.1. The maximum Gasteiger partial charge on any atom is 0.266 e. The van der Waals surface area contributed by atoms with E-state index in [4.69, 9.17) is 4.98 Å². The Balaban J connectivity index is 1.38. The average Bonchev–Trinajstić information content (AvgIpc) is 2.99. The topological polar surface area (TPSA) is 59.2 Å². The molecule has 3 aromatic rings. The van der Waals surface area contributed by atoms with Crippen molar-refractivity contribution in [3.63, 3.8) is 0 Å². The van der Waals surface area contributed by atoms with Gasteiger partial charge in [-0.3, -0.25) is 9.69 Å². The highest BCUT2D eigenvalue weighted by molar-refractivity contribution is 5.78. The molecule has 0 radical (unpaired) electrons. The van der Waals surface area contributed by atoms with Crippen molar-refractivity contribution in [3.8, 4) is 0 Å². The van der Waals surface area contributed by atoms with E-state index in [0.29, 0.717) is 6.54 Å². The lowest BCUT2D eigenvalue weighted by Gasteiger charge is -2.35. The Morgan fingerprint density at radius 3 is 2.56 bits per heavy atom. The summed E-state index contributed by atoms with van der Waals surface area (Å²) in [6, 6.07) is 11.5. The van der Waals surface area contributed by atoms with Gasteiger partial charge in [0.25, 0.3) is 5.56 Å². The van der Waals surface area contributed by atoms with Crippen molar-refractivity contribution in [2.75, 3.05) is 37.6 Å². The standard InChI is InChI=1S/C18H22N6O/c1-21-16-6-3-2-5-15(16)20-18(21)23-12-9-22(10-13-23)11-14-24-17(25)7-4-8-19-24/h2-8H,9-14H2,1H3. The van der Waals surface area contributed by atoms with Crippen LogP contribution in [0.5, 0.6) is 0 Å². The largest absolute Gasteiger partial charge is 0.340 e. The monoisotopic (exact) mass is 338 g/mol.